The van der Waals surface area contributed by atoms with E-state index in [1.807, 2.05) is 19.9 Å². The lowest BCUT2D eigenvalue weighted by molar-refractivity contribution is 0.0827. The molecule has 6 heteroatoms. The molecule has 2 heterocycles. The van der Waals surface area contributed by atoms with E-state index >= 15 is 0 Å². The van der Waals surface area contributed by atoms with Gasteiger partial charge >= 0.3 is 0 Å². The number of aliphatic hydroxyl groups excluding tert-OH is 1. The molecule has 0 unspecified atom stereocenters. The average Bonchev–Trinajstić information content (AvgIpc) is 2.60. The lowest BCUT2D eigenvalue weighted by Crippen LogP contribution is -2.31. The maximum absolute atomic E-state index is 12.3. The topological polar surface area (TPSA) is 87.6 Å². The number of aliphatic hydroxyl groups is 1. The Hall–Kier alpha value is -2.47. The summed E-state index contributed by atoms with van der Waals surface area (Å²) in [6.07, 6.45) is 3.46. The van der Waals surface area contributed by atoms with Crippen molar-refractivity contribution < 1.29 is 9.84 Å². The number of fused-ring (bicyclic) bond motifs is 1. The Bertz CT molecular complexity index is 995. The van der Waals surface area contributed by atoms with E-state index < -0.39 is 0 Å². The Morgan fingerprint density at radius 1 is 1.36 bits per heavy atom. The number of nitrogens with zero attached hydrogens (tertiary/aromatic N) is 2. The highest BCUT2D eigenvalue weighted by Crippen LogP contribution is 2.16. The number of H-pyrrole nitrogens is 1. The number of aryl methyl sites for hydroxylation is 1. The SMILES string of the molecule is CC(=N/C=c1\nc2cc(C)c(=C(C)O)cc2[nH]c1=O)C1CCOCC1. The van der Waals surface area contributed by atoms with Gasteiger partial charge in [0.05, 0.1) is 23.0 Å². The fourth-order valence-corrected chi connectivity index (χ4v) is 3.11. The van der Waals surface area contributed by atoms with Crippen molar-refractivity contribution in [2.24, 2.45) is 10.9 Å². The molecular weight excluding hydrogens is 318 g/mol. The Morgan fingerprint density at radius 3 is 2.76 bits per heavy atom. The van der Waals surface area contributed by atoms with Crippen molar-refractivity contribution in [2.45, 2.75) is 33.6 Å². The van der Waals surface area contributed by atoms with Crippen molar-refractivity contribution in [1.29, 1.82) is 0 Å². The van der Waals surface area contributed by atoms with E-state index in [1.54, 1.807) is 13.0 Å². The maximum Gasteiger partial charge on any atom is 0.275 e. The Labute approximate surface area is 145 Å². The highest BCUT2D eigenvalue weighted by Gasteiger charge is 2.15. The Morgan fingerprint density at radius 2 is 2.08 bits per heavy atom. The molecular formula is C19H23N3O3. The zero-order valence-electron chi connectivity index (χ0n) is 14.8. The number of aromatic amines is 1. The zero-order valence-corrected chi connectivity index (χ0v) is 14.8. The average molecular weight is 341 g/mol. The van der Waals surface area contributed by atoms with E-state index in [0.717, 1.165) is 37.3 Å². The minimum atomic E-state index is -0.290. The van der Waals surface area contributed by atoms with Gasteiger partial charge in [0, 0.05) is 30.1 Å². The van der Waals surface area contributed by atoms with E-state index in [1.165, 1.54) is 6.20 Å². The molecule has 1 saturated heterocycles. The van der Waals surface area contributed by atoms with Crippen LogP contribution in [0.5, 0.6) is 0 Å². The van der Waals surface area contributed by atoms with Crippen LogP contribution in [-0.2, 0) is 4.74 Å². The van der Waals surface area contributed by atoms with Crippen molar-refractivity contribution in [3.63, 3.8) is 0 Å². The fourth-order valence-electron chi connectivity index (χ4n) is 3.11. The number of aliphatic imine (C=N–C) groups is 1. The Balaban J connectivity index is 2.05. The predicted molar refractivity (Wildman–Crippen MR) is 99.2 cm³/mol. The van der Waals surface area contributed by atoms with Crippen LogP contribution in [0.15, 0.2) is 21.9 Å². The number of hydrogen-bond donors (Lipinski definition) is 2. The highest BCUT2D eigenvalue weighted by atomic mass is 16.5. The number of aromatic nitrogens is 2. The molecule has 2 aromatic rings. The molecule has 0 bridgehead atoms. The summed E-state index contributed by atoms with van der Waals surface area (Å²) >= 11 is 0. The molecule has 1 aromatic carbocycles. The summed E-state index contributed by atoms with van der Waals surface area (Å²) in [6, 6.07) is 3.60. The van der Waals surface area contributed by atoms with Gasteiger partial charge in [-0.3, -0.25) is 9.79 Å². The smallest absolute Gasteiger partial charge is 0.275 e. The largest absolute Gasteiger partial charge is 0.512 e. The first-order chi connectivity index (χ1) is 12.0. The van der Waals surface area contributed by atoms with Crippen molar-refractivity contribution in [1.82, 2.24) is 9.97 Å². The molecule has 1 aliphatic rings. The third-order valence-corrected chi connectivity index (χ3v) is 4.66. The first-order valence-electron chi connectivity index (χ1n) is 8.48. The van der Waals surface area contributed by atoms with Crippen LogP contribution < -0.4 is 16.1 Å². The van der Waals surface area contributed by atoms with Gasteiger partial charge in [-0.25, -0.2) is 4.98 Å². The molecule has 2 N–H and O–H groups in total. The fraction of sp³-hybridized carbons (Fsp3) is 0.421. The van der Waals surface area contributed by atoms with Crippen LogP contribution in [0.1, 0.15) is 32.3 Å². The first-order valence-corrected chi connectivity index (χ1v) is 8.48. The molecule has 132 valence electrons. The molecule has 1 fully saturated rings. The molecule has 0 amide bonds. The van der Waals surface area contributed by atoms with Gasteiger partial charge in [-0.15, -0.1) is 0 Å². The molecule has 0 aliphatic carbocycles. The highest BCUT2D eigenvalue weighted by molar-refractivity contribution is 5.86. The van der Waals surface area contributed by atoms with E-state index in [4.69, 9.17) is 4.74 Å². The van der Waals surface area contributed by atoms with Crippen LogP contribution in [0.2, 0.25) is 0 Å². The summed E-state index contributed by atoms with van der Waals surface area (Å²) < 4.78 is 5.37. The van der Waals surface area contributed by atoms with Gasteiger partial charge < -0.3 is 14.8 Å². The quantitative estimate of drug-likeness (QED) is 0.811. The molecule has 0 saturated carbocycles. The van der Waals surface area contributed by atoms with Crippen LogP contribution >= 0.6 is 0 Å². The molecule has 1 aliphatic heterocycles. The number of benzene rings is 1. The minimum Gasteiger partial charge on any atom is -0.512 e. The van der Waals surface area contributed by atoms with Gasteiger partial charge in [0.15, 0.2) is 0 Å². The summed E-state index contributed by atoms with van der Waals surface area (Å²) in [5.74, 6) is 0.616. The van der Waals surface area contributed by atoms with Gasteiger partial charge in [-0.05, 0) is 51.3 Å². The Kier molecular flexibility index (Phi) is 4.99. The molecule has 0 spiro atoms. The summed E-state index contributed by atoms with van der Waals surface area (Å²) in [6.45, 7) is 7.02. The zero-order chi connectivity index (χ0) is 18.0. The molecule has 3 rings (SSSR count). The number of hydrogen-bond acceptors (Lipinski definition) is 5. The van der Waals surface area contributed by atoms with Gasteiger partial charge in [-0.2, -0.15) is 0 Å². The van der Waals surface area contributed by atoms with Gasteiger partial charge in [0.2, 0.25) is 0 Å². The molecule has 0 radical (unpaired) electrons. The summed E-state index contributed by atoms with van der Waals surface area (Å²) in [4.78, 5) is 24.0. The third kappa shape index (κ3) is 3.79. The van der Waals surface area contributed by atoms with Crippen molar-refractivity contribution in [3.05, 3.63) is 38.6 Å². The first kappa shape index (κ1) is 17.4. The number of ether oxygens (including phenoxy) is 1. The van der Waals surface area contributed by atoms with Crippen LogP contribution in [0.3, 0.4) is 0 Å². The third-order valence-electron chi connectivity index (χ3n) is 4.66. The molecule has 1 aromatic heterocycles. The lowest BCUT2D eigenvalue weighted by atomic mass is 9.96. The van der Waals surface area contributed by atoms with E-state index in [9.17, 15) is 9.90 Å². The van der Waals surface area contributed by atoms with Crippen LogP contribution in [0.25, 0.3) is 23.0 Å². The number of rotatable bonds is 2. The summed E-state index contributed by atoms with van der Waals surface area (Å²) in [5, 5.41) is 10.7. The van der Waals surface area contributed by atoms with Crippen molar-refractivity contribution in [2.75, 3.05) is 13.2 Å². The predicted octanol–water partition coefficient (Wildman–Crippen LogP) is 1.54. The van der Waals surface area contributed by atoms with Crippen molar-refractivity contribution in [3.8, 4) is 0 Å². The van der Waals surface area contributed by atoms with Gasteiger partial charge in [-0.1, -0.05) is 0 Å². The second-order valence-electron chi connectivity index (χ2n) is 6.51. The normalized spacial score (nSPS) is 18.7. The van der Waals surface area contributed by atoms with E-state index in [-0.39, 0.29) is 16.7 Å². The molecule has 0 atom stereocenters. The van der Waals surface area contributed by atoms with E-state index in [2.05, 4.69) is 15.0 Å². The lowest BCUT2D eigenvalue weighted by Gasteiger charge is -2.21. The van der Waals surface area contributed by atoms with Crippen molar-refractivity contribution >= 4 is 28.7 Å². The molecule has 25 heavy (non-hydrogen) atoms. The standard InChI is InChI=1S/C19H23N3O3/c1-11-8-16-17(9-15(11)13(3)23)22-19(24)18(21-16)10-20-12(2)14-4-6-25-7-5-14/h8-10,14,23H,4-7H2,1-3H3,(H,22,24)/b15-13?,18-10-,20-12?. The van der Waals surface area contributed by atoms with Crippen LogP contribution in [0.4, 0.5) is 0 Å². The van der Waals surface area contributed by atoms with Gasteiger partial charge in [0.1, 0.15) is 5.35 Å². The summed E-state index contributed by atoms with van der Waals surface area (Å²) in [5.41, 5.74) is 2.89. The monoisotopic (exact) mass is 341 g/mol. The minimum absolute atomic E-state index is 0.215. The molecule has 6 nitrogen and oxygen atoms in total. The number of nitrogens with one attached hydrogen (secondary N) is 1. The van der Waals surface area contributed by atoms with Crippen LogP contribution in [-0.4, -0.2) is 34.0 Å². The van der Waals surface area contributed by atoms with Crippen LogP contribution in [0, 0.1) is 12.8 Å². The second-order valence-corrected chi connectivity index (χ2v) is 6.51. The second kappa shape index (κ2) is 7.19. The van der Waals surface area contributed by atoms with E-state index in [0.29, 0.717) is 22.2 Å². The van der Waals surface area contributed by atoms with Gasteiger partial charge in [0.25, 0.3) is 5.56 Å². The maximum atomic E-state index is 12.3. The summed E-state index contributed by atoms with van der Waals surface area (Å²) in [7, 11) is 0.